The van der Waals surface area contributed by atoms with E-state index in [1.54, 1.807) is 20.2 Å². The molecule has 2 N–H and O–H groups in total. The molecule has 120 valence electrons. The standard InChI is InChI=1S/C15H23N5O2/c1-10-13(8-17-11(2)18-10)15(22)19-12-4-6-20(7-5-12)9-14(21)16-3/h8,12H,4-7,9H2,1-3H3,(H,16,21)(H,19,22). The van der Waals surface area contributed by atoms with Crippen LogP contribution in [0.2, 0.25) is 0 Å². The molecule has 1 aliphatic rings. The summed E-state index contributed by atoms with van der Waals surface area (Å²) in [4.78, 5) is 34.0. The molecule has 2 amide bonds. The molecule has 1 fully saturated rings. The summed E-state index contributed by atoms with van der Waals surface area (Å²) in [5.41, 5.74) is 1.22. The molecule has 0 atom stereocenters. The average molecular weight is 305 g/mol. The van der Waals surface area contributed by atoms with Crippen molar-refractivity contribution < 1.29 is 9.59 Å². The summed E-state index contributed by atoms with van der Waals surface area (Å²) in [6.45, 7) is 5.65. The van der Waals surface area contributed by atoms with Crippen LogP contribution in [-0.2, 0) is 4.79 Å². The van der Waals surface area contributed by atoms with E-state index in [4.69, 9.17) is 0 Å². The number of rotatable bonds is 4. The molecule has 1 saturated heterocycles. The number of piperidine rings is 1. The Morgan fingerprint density at radius 2 is 2.00 bits per heavy atom. The molecule has 1 aliphatic heterocycles. The molecule has 0 unspecified atom stereocenters. The number of aromatic nitrogens is 2. The number of amides is 2. The predicted molar refractivity (Wildman–Crippen MR) is 82.5 cm³/mol. The summed E-state index contributed by atoms with van der Waals surface area (Å²) >= 11 is 0. The topological polar surface area (TPSA) is 87.2 Å². The molecule has 7 nitrogen and oxygen atoms in total. The maximum absolute atomic E-state index is 12.3. The molecular weight excluding hydrogens is 282 g/mol. The Kier molecular flexibility index (Phi) is 5.43. The fourth-order valence-electron chi connectivity index (χ4n) is 2.59. The van der Waals surface area contributed by atoms with Crippen molar-refractivity contribution in [2.45, 2.75) is 32.7 Å². The molecule has 7 heteroatoms. The zero-order valence-corrected chi connectivity index (χ0v) is 13.3. The number of nitrogens with zero attached hydrogens (tertiary/aromatic N) is 3. The fraction of sp³-hybridized carbons (Fsp3) is 0.600. The molecule has 0 radical (unpaired) electrons. The molecule has 22 heavy (non-hydrogen) atoms. The van der Waals surface area contributed by atoms with E-state index in [-0.39, 0.29) is 17.9 Å². The van der Waals surface area contributed by atoms with Crippen LogP contribution >= 0.6 is 0 Å². The van der Waals surface area contributed by atoms with Crippen LogP contribution in [0.5, 0.6) is 0 Å². The van der Waals surface area contributed by atoms with Gasteiger partial charge in [-0.1, -0.05) is 0 Å². The molecule has 0 aliphatic carbocycles. The first-order valence-corrected chi connectivity index (χ1v) is 7.53. The first kappa shape index (κ1) is 16.4. The molecule has 0 spiro atoms. The summed E-state index contributed by atoms with van der Waals surface area (Å²) in [6.07, 6.45) is 3.26. The van der Waals surface area contributed by atoms with Gasteiger partial charge >= 0.3 is 0 Å². The Morgan fingerprint density at radius 3 is 2.59 bits per heavy atom. The van der Waals surface area contributed by atoms with Gasteiger partial charge in [-0.15, -0.1) is 0 Å². The van der Waals surface area contributed by atoms with Gasteiger partial charge in [-0.2, -0.15) is 0 Å². The Balaban J connectivity index is 1.85. The summed E-state index contributed by atoms with van der Waals surface area (Å²) in [5.74, 6) is 0.564. The van der Waals surface area contributed by atoms with Gasteiger partial charge in [0.25, 0.3) is 5.91 Å². The lowest BCUT2D eigenvalue weighted by Crippen LogP contribution is -2.47. The third-order valence-electron chi connectivity index (χ3n) is 3.91. The normalized spacial score (nSPS) is 16.3. The van der Waals surface area contributed by atoms with Gasteiger partial charge in [0.1, 0.15) is 5.82 Å². The summed E-state index contributed by atoms with van der Waals surface area (Å²) in [6, 6.07) is 0.133. The number of likely N-dealkylation sites (tertiary alicyclic amines) is 1. The number of carbonyl (C=O) groups is 2. The Hall–Kier alpha value is -2.02. The SMILES string of the molecule is CNC(=O)CN1CCC(NC(=O)c2cnc(C)nc2C)CC1. The summed E-state index contributed by atoms with van der Waals surface area (Å²) < 4.78 is 0. The fourth-order valence-corrected chi connectivity index (χ4v) is 2.59. The minimum absolute atomic E-state index is 0.0231. The second kappa shape index (κ2) is 7.31. The highest BCUT2D eigenvalue weighted by molar-refractivity contribution is 5.95. The van der Waals surface area contributed by atoms with Crippen LogP contribution in [0.15, 0.2) is 6.20 Å². The van der Waals surface area contributed by atoms with Crippen molar-refractivity contribution in [2.75, 3.05) is 26.7 Å². The number of likely N-dealkylation sites (N-methyl/N-ethyl adjacent to an activating group) is 1. The highest BCUT2D eigenvalue weighted by Crippen LogP contribution is 2.12. The lowest BCUT2D eigenvalue weighted by Gasteiger charge is -2.31. The van der Waals surface area contributed by atoms with Crippen molar-refractivity contribution in [3.8, 4) is 0 Å². The Morgan fingerprint density at radius 1 is 1.32 bits per heavy atom. The number of hydrogen-bond donors (Lipinski definition) is 2. The number of aryl methyl sites for hydroxylation is 2. The molecular formula is C15H23N5O2. The van der Waals surface area contributed by atoms with Crippen LogP contribution in [0.3, 0.4) is 0 Å². The van der Waals surface area contributed by atoms with E-state index in [2.05, 4.69) is 25.5 Å². The zero-order chi connectivity index (χ0) is 16.1. The van der Waals surface area contributed by atoms with Crippen molar-refractivity contribution in [3.63, 3.8) is 0 Å². The molecule has 0 bridgehead atoms. The van der Waals surface area contributed by atoms with Crippen molar-refractivity contribution in [3.05, 3.63) is 23.3 Å². The van der Waals surface area contributed by atoms with Gasteiger partial charge in [-0.25, -0.2) is 9.97 Å². The quantitative estimate of drug-likeness (QED) is 0.820. The number of nitrogens with one attached hydrogen (secondary N) is 2. The molecule has 1 aromatic rings. The minimum Gasteiger partial charge on any atom is -0.358 e. The molecule has 0 aromatic carbocycles. The second-order valence-electron chi connectivity index (χ2n) is 5.61. The minimum atomic E-state index is -0.123. The van der Waals surface area contributed by atoms with Gasteiger partial charge in [0.05, 0.1) is 17.8 Å². The van der Waals surface area contributed by atoms with Crippen LogP contribution in [0, 0.1) is 13.8 Å². The van der Waals surface area contributed by atoms with E-state index in [0.29, 0.717) is 23.6 Å². The zero-order valence-electron chi connectivity index (χ0n) is 13.3. The highest BCUT2D eigenvalue weighted by Gasteiger charge is 2.23. The smallest absolute Gasteiger partial charge is 0.254 e. The lowest BCUT2D eigenvalue weighted by atomic mass is 10.0. The third-order valence-corrected chi connectivity index (χ3v) is 3.91. The second-order valence-corrected chi connectivity index (χ2v) is 5.61. The van der Waals surface area contributed by atoms with Crippen molar-refractivity contribution in [1.82, 2.24) is 25.5 Å². The lowest BCUT2D eigenvalue weighted by molar-refractivity contribution is -0.122. The van der Waals surface area contributed by atoms with E-state index >= 15 is 0 Å². The summed E-state index contributed by atoms with van der Waals surface area (Å²) in [7, 11) is 1.64. The molecule has 2 heterocycles. The maximum atomic E-state index is 12.3. The first-order valence-electron chi connectivity index (χ1n) is 7.53. The van der Waals surface area contributed by atoms with Gasteiger partial charge in [-0.05, 0) is 26.7 Å². The van der Waals surface area contributed by atoms with Gasteiger partial charge in [-0.3, -0.25) is 14.5 Å². The van der Waals surface area contributed by atoms with Gasteiger partial charge < -0.3 is 10.6 Å². The van der Waals surface area contributed by atoms with E-state index < -0.39 is 0 Å². The maximum Gasteiger partial charge on any atom is 0.254 e. The molecule has 0 saturated carbocycles. The van der Waals surface area contributed by atoms with Crippen molar-refractivity contribution in [1.29, 1.82) is 0 Å². The van der Waals surface area contributed by atoms with E-state index in [1.165, 1.54) is 0 Å². The highest BCUT2D eigenvalue weighted by atomic mass is 16.2. The van der Waals surface area contributed by atoms with Crippen molar-refractivity contribution >= 4 is 11.8 Å². The van der Waals surface area contributed by atoms with Crippen molar-refractivity contribution in [2.24, 2.45) is 0 Å². The Labute approximate surface area is 130 Å². The van der Waals surface area contributed by atoms with E-state index in [0.717, 1.165) is 25.9 Å². The van der Waals surface area contributed by atoms with Gasteiger partial charge in [0.15, 0.2) is 0 Å². The average Bonchev–Trinajstić information content (AvgIpc) is 2.49. The molecule has 1 aromatic heterocycles. The van der Waals surface area contributed by atoms with Crippen LogP contribution in [-0.4, -0.2) is 59.4 Å². The third kappa shape index (κ3) is 4.24. The van der Waals surface area contributed by atoms with E-state index in [9.17, 15) is 9.59 Å². The first-order chi connectivity index (χ1) is 10.5. The summed E-state index contributed by atoms with van der Waals surface area (Å²) in [5, 5.41) is 5.66. The molecule has 2 rings (SSSR count). The monoisotopic (exact) mass is 305 g/mol. The van der Waals surface area contributed by atoms with Gasteiger partial charge in [0, 0.05) is 32.4 Å². The van der Waals surface area contributed by atoms with Crippen LogP contribution in [0.4, 0.5) is 0 Å². The number of carbonyl (C=O) groups excluding carboxylic acids is 2. The predicted octanol–water partition coefficient (Wildman–Crippen LogP) is 0.0336. The van der Waals surface area contributed by atoms with Crippen LogP contribution < -0.4 is 10.6 Å². The van der Waals surface area contributed by atoms with E-state index in [1.807, 2.05) is 6.92 Å². The Bertz CT molecular complexity index is 553. The van der Waals surface area contributed by atoms with Gasteiger partial charge in [0.2, 0.25) is 5.91 Å². The largest absolute Gasteiger partial charge is 0.358 e. The number of hydrogen-bond acceptors (Lipinski definition) is 5. The van der Waals surface area contributed by atoms with Crippen LogP contribution in [0.25, 0.3) is 0 Å². The van der Waals surface area contributed by atoms with Crippen LogP contribution in [0.1, 0.15) is 34.7 Å².